The number of hydrogen-bond donors (Lipinski definition) is 1. The number of hydrogen-bond acceptors (Lipinski definition) is 4. The maximum Gasteiger partial charge on any atom is 0.250 e. The first kappa shape index (κ1) is 25.8. The van der Waals surface area contributed by atoms with Crippen molar-refractivity contribution in [1.29, 1.82) is 0 Å². The molecule has 2 fully saturated rings. The van der Waals surface area contributed by atoms with Crippen molar-refractivity contribution in [2.75, 3.05) is 6.54 Å². The van der Waals surface area contributed by atoms with E-state index in [-0.39, 0.29) is 23.5 Å². The van der Waals surface area contributed by atoms with Crippen LogP contribution in [0.25, 0.3) is 0 Å². The summed E-state index contributed by atoms with van der Waals surface area (Å²) in [7, 11) is 0. The van der Waals surface area contributed by atoms with Gasteiger partial charge in [-0.2, -0.15) is 0 Å². The zero-order valence-electron chi connectivity index (χ0n) is 23.2. The maximum absolute atomic E-state index is 14.1. The van der Waals surface area contributed by atoms with Gasteiger partial charge in [0.25, 0.3) is 0 Å². The summed E-state index contributed by atoms with van der Waals surface area (Å²) in [5, 5.41) is 3.29. The third kappa shape index (κ3) is 5.12. The van der Waals surface area contributed by atoms with E-state index in [9.17, 15) is 4.79 Å². The quantitative estimate of drug-likeness (QED) is 0.415. The van der Waals surface area contributed by atoms with Gasteiger partial charge in [-0.1, -0.05) is 72.8 Å². The van der Waals surface area contributed by atoms with Gasteiger partial charge in [0.05, 0.1) is 0 Å². The Morgan fingerprint density at radius 2 is 1.62 bits per heavy atom. The molecule has 5 nitrogen and oxygen atoms in total. The summed E-state index contributed by atoms with van der Waals surface area (Å²) in [5.41, 5.74) is 2.71. The van der Waals surface area contributed by atoms with E-state index in [2.05, 4.69) is 104 Å². The summed E-state index contributed by atoms with van der Waals surface area (Å²) in [6.07, 6.45) is 4.09. The third-order valence-corrected chi connectivity index (χ3v) is 8.62. The number of carbonyl (C=O) groups excluding carboxylic acids is 1. The average Bonchev–Trinajstić information content (AvgIpc) is 3.19. The number of amides is 1. The van der Waals surface area contributed by atoms with Gasteiger partial charge in [0.2, 0.25) is 5.91 Å². The van der Waals surface area contributed by atoms with E-state index in [1.165, 1.54) is 11.1 Å². The number of ether oxygens (including phenoxy) is 1. The Kier molecular flexibility index (Phi) is 6.80. The molecule has 0 spiro atoms. The van der Waals surface area contributed by atoms with Crippen LogP contribution in [0.4, 0.5) is 0 Å². The van der Waals surface area contributed by atoms with Crippen molar-refractivity contribution in [2.45, 2.75) is 63.9 Å². The van der Waals surface area contributed by atoms with Crippen LogP contribution in [0.5, 0.6) is 5.75 Å². The Hall–Kier alpha value is -3.44. The first-order valence-corrected chi connectivity index (χ1v) is 14.3. The summed E-state index contributed by atoms with van der Waals surface area (Å²) in [6.45, 7) is 8.42. The highest BCUT2D eigenvalue weighted by Gasteiger charge is 2.67. The van der Waals surface area contributed by atoms with Crippen LogP contribution in [0.3, 0.4) is 0 Å². The number of carbonyl (C=O) groups is 1. The predicted octanol–water partition coefficient (Wildman–Crippen LogP) is 5.68. The normalized spacial score (nSPS) is 27.5. The minimum absolute atomic E-state index is 0.0627. The van der Waals surface area contributed by atoms with E-state index >= 15 is 0 Å². The molecule has 1 saturated carbocycles. The van der Waals surface area contributed by atoms with Crippen molar-refractivity contribution in [1.82, 2.24) is 10.2 Å². The van der Waals surface area contributed by atoms with Gasteiger partial charge in [0.1, 0.15) is 11.4 Å². The molecule has 0 aromatic heterocycles. The molecule has 5 atom stereocenters. The molecule has 3 aromatic carbocycles. The zero-order chi connectivity index (χ0) is 27.0. The monoisotopic (exact) mass is 521 g/mol. The number of benzene rings is 3. The Morgan fingerprint density at radius 1 is 0.949 bits per heavy atom. The van der Waals surface area contributed by atoms with E-state index in [0.717, 1.165) is 37.2 Å². The number of likely N-dealkylation sites (tertiary alicyclic amines) is 1. The molecule has 1 amide bonds. The van der Waals surface area contributed by atoms with Crippen LogP contribution >= 0.6 is 0 Å². The molecule has 4 bridgehead atoms. The third-order valence-electron chi connectivity index (χ3n) is 8.62. The molecule has 39 heavy (non-hydrogen) atoms. The molecule has 4 aliphatic rings. The average molecular weight is 522 g/mol. The summed E-state index contributed by atoms with van der Waals surface area (Å²) in [4.78, 5) is 21.8. The molecule has 7 rings (SSSR count). The van der Waals surface area contributed by atoms with E-state index in [4.69, 9.17) is 9.73 Å². The number of aliphatic imine (C=N–C) groups is 1. The molecule has 5 heteroatoms. The molecule has 0 unspecified atom stereocenters. The Labute approximate surface area is 232 Å². The fourth-order valence-corrected chi connectivity index (χ4v) is 7.08. The second-order valence-corrected chi connectivity index (χ2v) is 12.5. The molecular weight excluding hydrogens is 482 g/mol. The van der Waals surface area contributed by atoms with Gasteiger partial charge in [-0.25, -0.2) is 0 Å². The number of nitrogens with one attached hydrogen (secondary N) is 1. The molecule has 3 aliphatic heterocycles. The van der Waals surface area contributed by atoms with Gasteiger partial charge in [0, 0.05) is 37.8 Å². The standard InChI is InChI=1S/C34H39N3O2/c1-33(2,3)39-29-16-14-26(15-17-29)22-37-23-28-19-27-21-36-34(28,32(38)35-20-25-12-8-5-9-13-25)31(37)30(27)18-24-10-6-4-7-11-24/h4-17,21,27-28,30-31H,18-20,22-23H2,1-3H3,(H,35,38)/t27-,28-,30+,31-,34-/m0/s1. The molecule has 1 N–H and O–H groups in total. The topological polar surface area (TPSA) is 53.9 Å². The van der Waals surface area contributed by atoms with E-state index in [1.54, 1.807) is 0 Å². The highest BCUT2D eigenvalue weighted by molar-refractivity contribution is 5.92. The number of nitrogens with zero attached hydrogens (tertiary/aromatic N) is 2. The first-order chi connectivity index (χ1) is 18.8. The largest absolute Gasteiger partial charge is 0.488 e. The van der Waals surface area contributed by atoms with Crippen LogP contribution in [0.2, 0.25) is 0 Å². The Balaban J connectivity index is 1.29. The highest BCUT2D eigenvalue weighted by Crippen LogP contribution is 2.55. The summed E-state index contributed by atoms with van der Waals surface area (Å²) >= 11 is 0. The fourth-order valence-electron chi connectivity index (χ4n) is 7.08. The molecule has 1 aliphatic carbocycles. The SMILES string of the molecule is CC(C)(C)Oc1ccc(CN2C[C@@H]3C[C@H]4C=N[C@]3(C(=O)NCc3ccccc3)[C@@H]2[C@@H]4Cc2ccccc2)cc1. The van der Waals surface area contributed by atoms with Crippen molar-refractivity contribution in [3.63, 3.8) is 0 Å². The van der Waals surface area contributed by atoms with Gasteiger partial charge >= 0.3 is 0 Å². The minimum Gasteiger partial charge on any atom is -0.488 e. The lowest BCUT2D eigenvalue weighted by atomic mass is 9.59. The molecule has 1 saturated heterocycles. The summed E-state index contributed by atoms with van der Waals surface area (Å²) in [5.74, 6) is 1.93. The van der Waals surface area contributed by atoms with Crippen molar-refractivity contribution in [3.05, 3.63) is 102 Å². The zero-order valence-corrected chi connectivity index (χ0v) is 23.2. The lowest BCUT2D eigenvalue weighted by Gasteiger charge is -2.51. The van der Waals surface area contributed by atoms with Crippen LogP contribution in [0, 0.1) is 17.8 Å². The molecule has 0 radical (unpaired) electrons. The maximum atomic E-state index is 14.1. The van der Waals surface area contributed by atoms with Crippen LogP contribution < -0.4 is 10.1 Å². The summed E-state index contributed by atoms with van der Waals surface area (Å²) in [6, 6.07) is 29.4. The van der Waals surface area contributed by atoms with Gasteiger partial charge < -0.3 is 10.1 Å². The molecule has 3 aromatic rings. The fraction of sp³-hybridized carbons (Fsp3) is 0.412. The van der Waals surface area contributed by atoms with Gasteiger partial charge in [-0.05, 0) is 74.3 Å². The lowest BCUT2D eigenvalue weighted by molar-refractivity contribution is -0.132. The predicted molar refractivity (Wildman–Crippen MR) is 156 cm³/mol. The van der Waals surface area contributed by atoms with Crippen LogP contribution in [0.1, 0.15) is 43.9 Å². The van der Waals surface area contributed by atoms with Crippen molar-refractivity contribution < 1.29 is 9.53 Å². The molecular formula is C34H39N3O2. The van der Waals surface area contributed by atoms with E-state index in [0.29, 0.717) is 18.4 Å². The molecule has 202 valence electrons. The minimum atomic E-state index is -0.738. The second-order valence-electron chi connectivity index (χ2n) is 12.5. The highest BCUT2D eigenvalue weighted by atomic mass is 16.5. The van der Waals surface area contributed by atoms with Crippen LogP contribution in [-0.2, 0) is 24.3 Å². The van der Waals surface area contributed by atoms with Crippen molar-refractivity contribution in [2.24, 2.45) is 22.7 Å². The first-order valence-electron chi connectivity index (χ1n) is 14.3. The van der Waals surface area contributed by atoms with Crippen molar-refractivity contribution in [3.8, 4) is 5.75 Å². The van der Waals surface area contributed by atoms with Gasteiger partial charge in [0.15, 0.2) is 5.54 Å². The number of rotatable bonds is 8. The van der Waals surface area contributed by atoms with Gasteiger partial charge in [-0.3, -0.25) is 14.7 Å². The summed E-state index contributed by atoms with van der Waals surface area (Å²) < 4.78 is 6.04. The van der Waals surface area contributed by atoms with Gasteiger partial charge in [-0.15, -0.1) is 0 Å². The van der Waals surface area contributed by atoms with E-state index in [1.807, 2.05) is 18.2 Å². The van der Waals surface area contributed by atoms with Crippen molar-refractivity contribution >= 4 is 12.1 Å². The second kappa shape index (κ2) is 10.3. The smallest absolute Gasteiger partial charge is 0.250 e. The van der Waals surface area contributed by atoms with Crippen LogP contribution in [0.15, 0.2) is 89.9 Å². The lowest BCUT2D eigenvalue weighted by Crippen LogP contribution is -2.65. The van der Waals surface area contributed by atoms with Crippen LogP contribution in [-0.4, -0.2) is 40.7 Å². The molecule has 3 heterocycles. The van der Waals surface area contributed by atoms with E-state index < -0.39 is 5.54 Å². The Morgan fingerprint density at radius 3 is 2.28 bits per heavy atom. The Bertz CT molecular complexity index is 1320.